The SMILES string of the molecule is Nc1c(C2(c3ncccn3)CC2)ccc2c1Cc1ccccc1-2.O=C(N[C@@H]1CCN([C@H]2CCCC[C@@H]2O)C[C@H]1C(=O)O)c1cc(-c2ccc(F)cc2F)on1. The van der Waals surface area contributed by atoms with E-state index in [1.54, 1.807) is 0 Å². The first-order valence-corrected chi connectivity index (χ1v) is 18.8. The highest BCUT2D eigenvalue weighted by Crippen LogP contribution is 2.55. The van der Waals surface area contributed by atoms with Crippen LogP contribution in [0.25, 0.3) is 22.5 Å². The van der Waals surface area contributed by atoms with Crippen LogP contribution in [0.2, 0.25) is 0 Å². The number of likely N-dealkylation sites (tertiary alicyclic amines) is 1. The number of rotatable bonds is 7. The van der Waals surface area contributed by atoms with Crippen molar-refractivity contribution in [2.75, 3.05) is 18.8 Å². The van der Waals surface area contributed by atoms with Gasteiger partial charge in [-0.3, -0.25) is 14.5 Å². The van der Waals surface area contributed by atoms with Crippen molar-refractivity contribution in [2.24, 2.45) is 5.92 Å². The predicted octanol–water partition coefficient (Wildman–Crippen LogP) is 6.14. The van der Waals surface area contributed by atoms with E-state index in [1.165, 1.54) is 39.9 Å². The molecule has 1 amide bonds. The standard InChI is InChI=1S/C22H25F2N3O5.C20H17N3/c23-12-5-6-13(15(24)9-12)20-10-17(26-32-20)21(29)25-16-7-8-27(11-14(16)22(30)31)18-3-1-2-4-19(18)28;21-18-16-12-13-4-1-2-5-14(13)15(16)6-7-17(18)20(8-9-20)19-22-10-3-11-23-19/h5-6,9-10,14,16,18-19,28H,1-4,7-8,11H2,(H,25,29)(H,30,31);1-7,10-11H,8-9,12,21H2/t14-,16-,18+,19+;/m1./s1. The van der Waals surface area contributed by atoms with Crippen LogP contribution in [0.1, 0.15) is 77.9 Å². The first-order chi connectivity index (χ1) is 26.6. The Bertz CT molecular complexity index is 2230. The predicted molar refractivity (Wildman–Crippen MR) is 200 cm³/mol. The number of piperidine rings is 1. The molecular formula is C42H42F2N6O5. The van der Waals surface area contributed by atoms with Crippen molar-refractivity contribution in [1.82, 2.24) is 25.3 Å². The summed E-state index contributed by atoms with van der Waals surface area (Å²) in [6, 6.07) is 18.4. The number of carboxylic acids is 1. The van der Waals surface area contributed by atoms with E-state index in [0.717, 1.165) is 56.1 Å². The van der Waals surface area contributed by atoms with E-state index in [0.29, 0.717) is 25.5 Å². The maximum absolute atomic E-state index is 14.0. The first-order valence-electron chi connectivity index (χ1n) is 18.8. The molecule has 0 unspecified atom stereocenters. The van der Waals surface area contributed by atoms with Crippen LogP contribution in [-0.2, 0) is 16.6 Å². The number of carboxylic acid groups (broad SMARTS) is 1. The third-order valence-corrected chi connectivity index (χ3v) is 11.7. The Balaban J connectivity index is 0.000000163. The van der Waals surface area contributed by atoms with Gasteiger partial charge in [-0.05, 0) is 78.1 Å². The van der Waals surface area contributed by atoms with Gasteiger partial charge in [0.2, 0.25) is 0 Å². The van der Waals surface area contributed by atoms with Gasteiger partial charge in [-0.15, -0.1) is 0 Å². The highest BCUT2D eigenvalue weighted by molar-refractivity contribution is 5.93. The molecule has 2 saturated carbocycles. The monoisotopic (exact) mass is 748 g/mol. The fourth-order valence-corrected chi connectivity index (χ4v) is 8.60. The van der Waals surface area contributed by atoms with E-state index in [4.69, 9.17) is 10.3 Å². The van der Waals surface area contributed by atoms with Crippen molar-refractivity contribution in [1.29, 1.82) is 0 Å². The number of fused-ring (bicyclic) bond motifs is 3. The number of halogens is 2. The van der Waals surface area contributed by atoms with Gasteiger partial charge in [0, 0.05) is 61.8 Å². The van der Waals surface area contributed by atoms with E-state index in [9.17, 15) is 28.6 Å². The molecule has 5 N–H and O–H groups in total. The number of nitrogen functional groups attached to an aromatic ring is 1. The zero-order valence-electron chi connectivity index (χ0n) is 30.1. The molecule has 11 nitrogen and oxygen atoms in total. The molecule has 5 aromatic rings. The Labute approximate surface area is 316 Å². The summed E-state index contributed by atoms with van der Waals surface area (Å²) in [4.78, 5) is 35.6. The number of aliphatic hydroxyl groups excluding tert-OH is 1. The van der Waals surface area contributed by atoms with Crippen LogP contribution in [0.5, 0.6) is 0 Å². The van der Waals surface area contributed by atoms with Gasteiger partial charge in [-0.25, -0.2) is 18.7 Å². The molecule has 3 aliphatic carbocycles. The Morgan fingerprint density at radius 2 is 1.69 bits per heavy atom. The van der Waals surface area contributed by atoms with Crippen LogP contribution in [0, 0.1) is 17.6 Å². The summed E-state index contributed by atoms with van der Waals surface area (Å²) in [5.41, 5.74) is 13.8. The van der Waals surface area contributed by atoms with Crippen LogP contribution in [0.3, 0.4) is 0 Å². The largest absolute Gasteiger partial charge is 0.481 e. The summed E-state index contributed by atoms with van der Waals surface area (Å²) >= 11 is 0. The molecule has 0 bridgehead atoms. The maximum atomic E-state index is 14.0. The topological polar surface area (TPSA) is 168 Å². The molecule has 55 heavy (non-hydrogen) atoms. The Morgan fingerprint density at radius 1 is 0.927 bits per heavy atom. The number of hydrogen-bond donors (Lipinski definition) is 4. The smallest absolute Gasteiger partial charge is 0.309 e. The number of aliphatic hydroxyl groups is 1. The lowest BCUT2D eigenvalue weighted by atomic mass is 9.86. The number of nitrogens with two attached hydrogens (primary N) is 1. The Hall–Kier alpha value is -5.53. The maximum Gasteiger partial charge on any atom is 0.309 e. The van der Waals surface area contributed by atoms with Crippen molar-refractivity contribution >= 4 is 17.6 Å². The number of hydrogen-bond acceptors (Lipinski definition) is 9. The molecule has 4 aliphatic rings. The molecular weight excluding hydrogens is 706 g/mol. The van der Waals surface area contributed by atoms with E-state index in [-0.39, 0.29) is 35.0 Å². The van der Waals surface area contributed by atoms with E-state index in [2.05, 4.69) is 56.8 Å². The molecule has 2 aromatic heterocycles. The van der Waals surface area contributed by atoms with Gasteiger partial charge >= 0.3 is 5.97 Å². The average Bonchev–Trinajstić information content (AvgIpc) is 3.67. The minimum Gasteiger partial charge on any atom is -0.481 e. The quantitative estimate of drug-likeness (QED) is 0.139. The third kappa shape index (κ3) is 7.09. The number of amides is 1. The molecule has 1 aliphatic heterocycles. The van der Waals surface area contributed by atoms with Gasteiger partial charge in [-0.1, -0.05) is 54.4 Å². The highest BCUT2D eigenvalue weighted by Gasteiger charge is 2.50. The summed E-state index contributed by atoms with van der Waals surface area (Å²) in [5, 5.41) is 26.4. The molecule has 3 aromatic carbocycles. The molecule has 4 atom stereocenters. The molecule has 0 radical (unpaired) electrons. The summed E-state index contributed by atoms with van der Waals surface area (Å²) < 4.78 is 32.1. The third-order valence-electron chi connectivity index (χ3n) is 11.7. The normalized spacial score (nSPS) is 22.5. The van der Waals surface area contributed by atoms with E-state index in [1.807, 2.05) is 23.4 Å². The number of nitrogens with one attached hydrogen (secondary N) is 1. The van der Waals surface area contributed by atoms with Gasteiger partial charge < -0.3 is 25.8 Å². The zero-order valence-corrected chi connectivity index (χ0v) is 30.1. The van der Waals surface area contributed by atoms with Crippen molar-refractivity contribution in [3.05, 3.63) is 119 Å². The molecule has 1 saturated heterocycles. The van der Waals surface area contributed by atoms with Crippen molar-refractivity contribution in [3.8, 4) is 22.5 Å². The summed E-state index contributed by atoms with van der Waals surface area (Å²) in [6.45, 7) is 0.786. The van der Waals surface area contributed by atoms with Crippen LogP contribution in [0.4, 0.5) is 14.5 Å². The second-order valence-electron chi connectivity index (χ2n) is 15.0. The summed E-state index contributed by atoms with van der Waals surface area (Å²) in [6.07, 6.45) is 10.2. The lowest BCUT2D eigenvalue weighted by Crippen LogP contribution is -2.58. The van der Waals surface area contributed by atoms with E-state index < -0.39 is 41.6 Å². The number of aromatic nitrogens is 3. The highest BCUT2D eigenvalue weighted by atomic mass is 19.1. The van der Waals surface area contributed by atoms with E-state index >= 15 is 0 Å². The van der Waals surface area contributed by atoms with Crippen molar-refractivity contribution in [3.63, 3.8) is 0 Å². The van der Waals surface area contributed by atoms with Crippen molar-refractivity contribution < 1.29 is 33.1 Å². The average molecular weight is 749 g/mol. The van der Waals surface area contributed by atoms with Crippen molar-refractivity contribution in [2.45, 2.75) is 75.0 Å². The number of aliphatic carboxylic acids is 1. The molecule has 0 spiro atoms. The zero-order chi connectivity index (χ0) is 38.3. The fourth-order valence-electron chi connectivity index (χ4n) is 8.60. The first kappa shape index (κ1) is 36.4. The minimum atomic E-state index is -1.03. The lowest BCUT2D eigenvalue weighted by Gasteiger charge is -2.43. The lowest BCUT2D eigenvalue weighted by molar-refractivity contribution is -0.145. The number of carbonyl (C=O) groups is 2. The summed E-state index contributed by atoms with van der Waals surface area (Å²) in [5.74, 6) is -3.23. The minimum absolute atomic E-state index is 0.0384. The van der Waals surface area contributed by atoms with Gasteiger partial charge in [0.05, 0.1) is 23.0 Å². The fraction of sp³-hybridized carbons (Fsp3) is 0.357. The molecule has 9 rings (SSSR count). The second-order valence-corrected chi connectivity index (χ2v) is 15.0. The van der Waals surface area contributed by atoms with Crippen LogP contribution >= 0.6 is 0 Å². The van der Waals surface area contributed by atoms with Gasteiger partial charge in [0.1, 0.15) is 17.5 Å². The van der Waals surface area contributed by atoms with Crippen LogP contribution in [-0.4, -0.2) is 73.4 Å². The second kappa shape index (κ2) is 15.0. The van der Waals surface area contributed by atoms with Gasteiger partial charge in [0.25, 0.3) is 5.91 Å². The van der Waals surface area contributed by atoms with Crippen LogP contribution in [0.15, 0.2) is 83.6 Å². The number of carbonyl (C=O) groups excluding carboxylic acids is 1. The molecule has 13 heteroatoms. The molecule has 284 valence electrons. The Morgan fingerprint density at radius 3 is 2.44 bits per heavy atom. The summed E-state index contributed by atoms with van der Waals surface area (Å²) in [7, 11) is 0. The number of anilines is 1. The van der Waals surface area contributed by atoms with Crippen LogP contribution < -0.4 is 11.1 Å². The number of benzene rings is 3. The number of nitrogens with zero attached hydrogens (tertiary/aromatic N) is 4. The Kier molecular flexibility index (Phi) is 9.91. The van der Waals surface area contributed by atoms with Gasteiger partial charge in [0.15, 0.2) is 11.5 Å². The molecule has 3 fully saturated rings. The van der Waals surface area contributed by atoms with Gasteiger partial charge in [-0.2, -0.15) is 0 Å². The molecule has 3 heterocycles.